The molecule has 0 aromatic heterocycles. The van der Waals surface area contributed by atoms with Gasteiger partial charge in [-0.3, -0.25) is 0 Å². The van der Waals surface area contributed by atoms with Crippen LogP contribution in [0.1, 0.15) is 11.1 Å². The summed E-state index contributed by atoms with van der Waals surface area (Å²) in [5.41, 5.74) is 4.05. The van der Waals surface area contributed by atoms with E-state index in [1.165, 1.54) is 5.39 Å². The monoisotopic (exact) mass is 332 g/mol. The molecule has 0 heterocycles. The van der Waals surface area contributed by atoms with Gasteiger partial charge in [-0.05, 0) is 57.4 Å². The molecule has 0 aliphatic heterocycles. The molecule has 0 N–H and O–H groups in total. The molecule has 0 saturated heterocycles. The SMILES string of the molecule is C1=C[C@@H]2[C@H]3[C@H]4[C@@H]5C=CC=C[C@@H]5[C@]45c4cccc6cccc(c46)[C@]35[C@@H]2C=C1. The van der Waals surface area contributed by atoms with Crippen molar-refractivity contribution in [2.24, 2.45) is 35.5 Å². The second-order valence-corrected chi connectivity index (χ2v) is 9.24. The molecule has 0 unspecified atom stereocenters. The average molecular weight is 332 g/mol. The van der Waals surface area contributed by atoms with Crippen LogP contribution in [0.4, 0.5) is 0 Å². The third kappa shape index (κ3) is 0.912. The van der Waals surface area contributed by atoms with Crippen molar-refractivity contribution in [3.8, 4) is 0 Å². The third-order valence-electron chi connectivity index (χ3n) is 9.16. The van der Waals surface area contributed by atoms with Gasteiger partial charge in [0.15, 0.2) is 0 Å². The zero-order chi connectivity index (χ0) is 16.7. The van der Waals surface area contributed by atoms with Gasteiger partial charge in [-0.25, -0.2) is 0 Å². The van der Waals surface area contributed by atoms with Gasteiger partial charge < -0.3 is 0 Å². The highest BCUT2D eigenvalue weighted by Gasteiger charge is 2.91. The van der Waals surface area contributed by atoms with Gasteiger partial charge in [-0.2, -0.15) is 0 Å². The molecule has 3 fully saturated rings. The maximum Gasteiger partial charge on any atom is 0.0171 e. The predicted octanol–water partition coefficient (Wildman–Crippen LogP) is 5.32. The van der Waals surface area contributed by atoms with Crippen molar-refractivity contribution in [2.45, 2.75) is 10.8 Å². The highest BCUT2D eigenvalue weighted by atomic mass is 14.9. The molecule has 0 radical (unpaired) electrons. The third-order valence-corrected chi connectivity index (χ3v) is 9.16. The number of fused-ring (bicyclic) bond motifs is 5. The van der Waals surface area contributed by atoms with Crippen molar-refractivity contribution in [3.05, 3.63) is 96.1 Å². The van der Waals surface area contributed by atoms with E-state index in [9.17, 15) is 0 Å². The number of hydrogen-bond donors (Lipinski definition) is 0. The first-order valence-electron chi connectivity index (χ1n) is 10.1. The molecule has 6 aliphatic rings. The second kappa shape index (κ2) is 3.69. The summed E-state index contributed by atoms with van der Waals surface area (Å²) in [6.07, 6.45) is 19.3. The Bertz CT molecular complexity index is 1060. The summed E-state index contributed by atoms with van der Waals surface area (Å²) in [4.78, 5) is 0. The van der Waals surface area contributed by atoms with E-state index >= 15 is 0 Å². The molecule has 6 aliphatic carbocycles. The Hall–Kier alpha value is -2.34. The highest BCUT2D eigenvalue weighted by molar-refractivity contribution is 5.97. The first-order chi connectivity index (χ1) is 12.9. The molecule has 0 bridgehead atoms. The van der Waals surface area contributed by atoms with Crippen molar-refractivity contribution < 1.29 is 0 Å². The highest BCUT2D eigenvalue weighted by Crippen LogP contribution is 2.91. The second-order valence-electron chi connectivity index (χ2n) is 9.24. The zero-order valence-electron chi connectivity index (χ0n) is 14.5. The summed E-state index contributed by atoms with van der Waals surface area (Å²) in [5, 5.41) is 3.05. The van der Waals surface area contributed by atoms with E-state index in [0.29, 0.717) is 22.7 Å². The zero-order valence-corrected chi connectivity index (χ0v) is 14.5. The number of hydrogen-bond acceptors (Lipinski definition) is 0. The smallest absolute Gasteiger partial charge is 0.0171 e. The Morgan fingerprint density at radius 2 is 1.08 bits per heavy atom. The minimum atomic E-state index is 0.351. The molecule has 2 spiro atoms. The lowest BCUT2D eigenvalue weighted by atomic mass is 9.14. The van der Waals surface area contributed by atoms with Crippen LogP contribution in [0.2, 0.25) is 0 Å². The van der Waals surface area contributed by atoms with Crippen LogP contribution < -0.4 is 0 Å². The largest absolute Gasteiger partial charge is 0.0805 e. The van der Waals surface area contributed by atoms with Gasteiger partial charge in [0.05, 0.1) is 0 Å². The van der Waals surface area contributed by atoms with E-state index in [-0.39, 0.29) is 0 Å². The maximum absolute atomic E-state index is 2.54. The van der Waals surface area contributed by atoms with E-state index in [1.807, 2.05) is 0 Å². The van der Waals surface area contributed by atoms with Crippen molar-refractivity contribution in [2.75, 3.05) is 0 Å². The Balaban J connectivity index is 1.51. The van der Waals surface area contributed by atoms with E-state index in [2.05, 4.69) is 85.0 Å². The molecular weight excluding hydrogens is 312 g/mol. The van der Waals surface area contributed by atoms with E-state index in [1.54, 1.807) is 16.5 Å². The summed E-state index contributed by atoms with van der Waals surface area (Å²) in [6, 6.07) is 14.2. The lowest BCUT2D eigenvalue weighted by Gasteiger charge is -2.88. The van der Waals surface area contributed by atoms with E-state index in [0.717, 1.165) is 23.7 Å². The summed E-state index contributed by atoms with van der Waals surface area (Å²) in [5.74, 6) is 4.53. The Morgan fingerprint density at radius 3 is 1.62 bits per heavy atom. The van der Waals surface area contributed by atoms with Crippen LogP contribution in [0.25, 0.3) is 10.8 Å². The van der Waals surface area contributed by atoms with Gasteiger partial charge in [-0.1, -0.05) is 85.0 Å². The van der Waals surface area contributed by atoms with Gasteiger partial charge in [-0.15, -0.1) is 0 Å². The number of benzene rings is 2. The maximum atomic E-state index is 2.54. The van der Waals surface area contributed by atoms with Crippen molar-refractivity contribution >= 4 is 10.8 Å². The molecule has 26 heavy (non-hydrogen) atoms. The Kier molecular flexibility index (Phi) is 1.84. The van der Waals surface area contributed by atoms with Gasteiger partial charge in [0, 0.05) is 10.8 Å². The number of allylic oxidation sites excluding steroid dienone is 8. The van der Waals surface area contributed by atoms with Gasteiger partial charge >= 0.3 is 0 Å². The minimum absolute atomic E-state index is 0.351. The standard InChI is InChI=1S/C26H20/c1-3-11-18-16(9-1)23-24-17-10-2-4-12-19(17)26(24)21-14-6-8-15-7-5-13-20(22(15)21)25(18,23)26/h1-14,16-19,23-24H/t16-,17+,18+,19-,23-,24+,25+,26-. The Morgan fingerprint density at radius 1 is 0.577 bits per heavy atom. The normalized spacial score (nSPS) is 49.2. The molecule has 0 nitrogen and oxygen atoms in total. The predicted molar refractivity (Wildman–Crippen MR) is 105 cm³/mol. The van der Waals surface area contributed by atoms with Crippen LogP contribution in [0.15, 0.2) is 85.0 Å². The van der Waals surface area contributed by atoms with E-state index < -0.39 is 0 Å². The summed E-state index contributed by atoms with van der Waals surface area (Å²) >= 11 is 0. The summed E-state index contributed by atoms with van der Waals surface area (Å²) in [6.45, 7) is 0. The fourth-order valence-corrected chi connectivity index (χ4v) is 8.91. The minimum Gasteiger partial charge on any atom is -0.0805 e. The molecule has 8 atom stereocenters. The molecular formula is C26H20. The molecule has 2 aromatic carbocycles. The van der Waals surface area contributed by atoms with Gasteiger partial charge in [0.2, 0.25) is 0 Å². The van der Waals surface area contributed by atoms with Gasteiger partial charge in [0.25, 0.3) is 0 Å². The van der Waals surface area contributed by atoms with Crippen LogP contribution in [-0.2, 0) is 10.8 Å². The summed E-state index contributed by atoms with van der Waals surface area (Å²) in [7, 11) is 0. The lowest BCUT2D eigenvalue weighted by Crippen LogP contribution is -2.90. The van der Waals surface area contributed by atoms with Crippen LogP contribution >= 0.6 is 0 Å². The Labute approximate surface area is 153 Å². The molecule has 2 aromatic rings. The van der Waals surface area contributed by atoms with Crippen LogP contribution in [0, 0.1) is 35.5 Å². The fourth-order valence-electron chi connectivity index (χ4n) is 8.91. The van der Waals surface area contributed by atoms with Crippen LogP contribution in [-0.4, -0.2) is 0 Å². The average Bonchev–Trinajstić information content (AvgIpc) is 2.95. The van der Waals surface area contributed by atoms with Crippen molar-refractivity contribution in [3.63, 3.8) is 0 Å². The van der Waals surface area contributed by atoms with Crippen molar-refractivity contribution in [1.29, 1.82) is 0 Å². The first-order valence-corrected chi connectivity index (χ1v) is 10.1. The first kappa shape index (κ1) is 12.9. The topological polar surface area (TPSA) is 0 Å². The van der Waals surface area contributed by atoms with Crippen LogP contribution in [0.3, 0.4) is 0 Å². The fraction of sp³-hybridized carbons (Fsp3) is 0.308. The van der Waals surface area contributed by atoms with Crippen LogP contribution in [0.5, 0.6) is 0 Å². The van der Waals surface area contributed by atoms with Gasteiger partial charge in [0.1, 0.15) is 0 Å². The summed E-state index contributed by atoms with van der Waals surface area (Å²) < 4.78 is 0. The molecule has 3 saturated carbocycles. The molecule has 8 rings (SSSR count). The number of rotatable bonds is 0. The molecule has 0 heteroatoms. The quantitative estimate of drug-likeness (QED) is 0.612. The van der Waals surface area contributed by atoms with Crippen molar-refractivity contribution in [1.82, 2.24) is 0 Å². The molecule has 0 amide bonds. The van der Waals surface area contributed by atoms with E-state index in [4.69, 9.17) is 0 Å². The molecule has 124 valence electrons. The lowest BCUT2D eigenvalue weighted by molar-refractivity contribution is -0.312.